The van der Waals surface area contributed by atoms with Crippen molar-refractivity contribution in [3.05, 3.63) is 11.8 Å². The monoisotopic (exact) mass is 209 g/mol. The Labute approximate surface area is 90.1 Å². The molecule has 0 radical (unpaired) electrons. The molecule has 84 valence electrons. The molecule has 0 saturated heterocycles. The van der Waals surface area contributed by atoms with Crippen molar-refractivity contribution in [1.29, 1.82) is 0 Å². The molecule has 1 saturated carbocycles. The van der Waals surface area contributed by atoms with Gasteiger partial charge in [-0.3, -0.25) is 4.68 Å². The lowest BCUT2D eigenvalue weighted by atomic mass is 10.1. The number of hydrogen-bond acceptors (Lipinski definition) is 3. The Morgan fingerprint density at radius 3 is 2.80 bits per heavy atom. The van der Waals surface area contributed by atoms with E-state index in [2.05, 4.69) is 5.10 Å². The summed E-state index contributed by atoms with van der Waals surface area (Å²) in [7, 11) is 0. The molecule has 1 fully saturated rings. The molecule has 15 heavy (non-hydrogen) atoms. The Morgan fingerprint density at radius 2 is 2.13 bits per heavy atom. The minimum absolute atomic E-state index is 0.116. The average molecular weight is 209 g/mol. The fourth-order valence-corrected chi connectivity index (χ4v) is 2.40. The molecule has 0 aromatic carbocycles. The molecule has 1 aromatic heterocycles. The summed E-state index contributed by atoms with van der Waals surface area (Å²) in [4.78, 5) is 0. The number of aryl methyl sites for hydroxylation is 1. The van der Waals surface area contributed by atoms with Crippen molar-refractivity contribution in [1.82, 2.24) is 9.78 Å². The zero-order chi connectivity index (χ0) is 10.8. The van der Waals surface area contributed by atoms with E-state index in [0.29, 0.717) is 5.82 Å². The summed E-state index contributed by atoms with van der Waals surface area (Å²) < 4.78 is 1.89. The first-order valence-corrected chi connectivity index (χ1v) is 5.68. The van der Waals surface area contributed by atoms with Crippen molar-refractivity contribution in [2.24, 2.45) is 0 Å². The predicted octanol–water partition coefficient (Wildman–Crippen LogP) is 1.64. The summed E-state index contributed by atoms with van der Waals surface area (Å²) in [6, 6.07) is 1.97. The standard InChI is InChI=1S/C11H19N3O/c1-8-7-11(12)13-14(8)9-5-3-2-4-6-10(9)15/h7,9-10,15H,2-6H2,1H3,(H2,12,13). The second kappa shape index (κ2) is 4.23. The topological polar surface area (TPSA) is 64.1 Å². The first-order valence-electron chi connectivity index (χ1n) is 5.68. The van der Waals surface area contributed by atoms with E-state index in [9.17, 15) is 5.11 Å². The maximum atomic E-state index is 10.0. The van der Waals surface area contributed by atoms with E-state index in [1.54, 1.807) is 0 Å². The Morgan fingerprint density at radius 1 is 1.40 bits per heavy atom. The van der Waals surface area contributed by atoms with E-state index in [1.165, 1.54) is 12.8 Å². The normalized spacial score (nSPS) is 27.6. The third-order valence-corrected chi connectivity index (χ3v) is 3.20. The van der Waals surface area contributed by atoms with Crippen LogP contribution in [0.3, 0.4) is 0 Å². The number of nitrogens with two attached hydrogens (primary N) is 1. The van der Waals surface area contributed by atoms with Gasteiger partial charge in [0, 0.05) is 11.8 Å². The van der Waals surface area contributed by atoms with Crippen molar-refractivity contribution in [2.75, 3.05) is 5.73 Å². The lowest BCUT2D eigenvalue weighted by Crippen LogP contribution is -2.24. The van der Waals surface area contributed by atoms with Gasteiger partial charge in [0.1, 0.15) is 5.82 Å². The van der Waals surface area contributed by atoms with E-state index < -0.39 is 0 Å². The van der Waals surface area contributed by atoms with Crippen molar-refractivity contribution in [3.8, 4) is 0 Å². The summed E-state index contributed by atoms with van der Waals surface area (Å²) in [5.74, 6) is 0.545. The van der Waals surface area contributed by atoms with Crippen LogP contribution >= 0.6 is 0 Å². The lowest BCUT2D eigenvalue weighted by Gasteiger charge is -2.22. The van der Waals surface area contributed by atoms with Crippen LogP contribution in [0.25, 0.3) is 0 Å². The molecule has 3 N–H and O–H groups in total. The summed E-state index contributed by atoms with van der Waals surface area (Å²) in [6.45, 7) is 1.99. The number of hydrogen-bond donors (Lipinski definition) is 2. The van der Waals surface area contributed by atoms with Crippen LogP contribution in [-0.4, -0.2) is 21.0 Å². The highest BCUT2D eigenvalue weighted by Gasteiger charge is 2.24. The van der Waals surface area contributed by atoms with Gasteiger partial charge in [-0.1, -0.05) is 19.3 Å². The zero-order valence-corrected chi connectivity index (χ0v) is 9.19. The lowest BCUT2D eigenvalue weighted by molar-refractivity contribution is 0.0981. The highest BCUT2D eigenvalue weighted by Crippen LogP contribution is 2.28. The molecule has 1 heterocycles. The van der Waals surface area contributed by atoms with Gasteiger partial charge >= 0.3 is 0 Å². The molecule has 0 bridgehead atoms. The minimum Gasteiger partial charge on any atom is -0.391 e. The van der Waals surface area contributed by atoms with Gasteiger partial charge in [0.15, 0.2) is 0 Å². The van der Waals surface area contributed by atoms with Gasteiger partial charge in [0.2, 0.25) is 0 Å². The second-order valence-corrected chi connectivity index (χ2v) is 4.43. The zero-order valence-electron chi connectivity index (χ0n) is 9.19. The van der Waals surface area contributed by atoms with Gasteiger partial charge in [0.25, 0.3) is 0 Å². The number of aromatic nitrogens is 2. The quantitative estimate of drug-likeness (QED) is 0.691. The highest BCUT2D eigenvalue weighted by atomic mass is 16.3. The third-order valence-electron chi connectivity index (χ3n) is 3.20. The molecule has 2 atom stereocenters. The van der Waals surface area contributed by atoms with Gasteiger partial charge in [-0.15, -0.1) is 0 Å². The Kier molecular flexibility index (Phi) is 2.95. The van der Waals surface area contributed by atoms with Gasteiger partial charge < -0.3 is 10.8 Å². The van der Waals surface area contributed by atoms with Gasteiger partial charge in [-0.05, 0) is 19.8 Å². The molecule has 4 heteroatoms. The van der Waals surface area contributed by atoms with Crippen LogP contribution in [0.15, 0.2) is 6.07 Å². The summed E-state index contributed by atoms with van der Waals surface area (Å²) in [6.07, 6.45) is 5.11. The SMILES string of the molecule is Cc1cc(N)nn1C1CCCCCC1O. The van der Waals surface area contributed by atoms with E-state index >= 15 is 0 Å². The van der Waals surface area contributed by atoms with Crippen molar-refractivity contribution < 1.29 is 5.11 Å². The van der Waals surface area contributed by atoms with Crippen molar-refractivity contribution in [3.63, 3.8) is 0 Å². The molecular formula is C11H19N3O. The van der Waals surface area contributed by atoms with E-state index in [4.69, 9.17) is 5.73 Å². The second-order valence-electron chi connectivity index (χ2n) is 4.43. The molecule has 0 spiro atoms. The number of aliphatic hydroxyl groups excluding tert-OH is 1. The largest absolute Gasteiger partial charge is 0.391 e. The van der Waals surface area contributed by atoms with Gasteiger partial charge in [0.05, 0.1) is 12.1 Å². The smallest absolute Gasteiger partial charge is 0.145 e. The molecule has 4 nitrogen and oxygen atoms in total. The number of anilines is 1. The molecule has 2 rings (SSSR count). The highest BCUT2D eigenvalue weighted by molar-refractivity contribution is 5.29. The van der Waals surface area contributed by atoms with E-state index in [0.717, 1.165) is 25.0 Å². The fraction of sp³-hybridized carbons (Fsp3) is 0.727. The van der Waals surface area contributed by atoms with Gasteiger partial charge in [-0.25, -0.2) is 0 Å². The summed E-state index contributed by atoms with van der Waals surface area (Å²) in [5, 5.41) is 14.3. The van der Waals surface area contributed by atoms with E-state index in [1.807, 2.05) is 17.7 Å². The van der Waals surface area contributed by atoms with Crippen LogP contribution in [0, 0.1) is 6.92 Å². The van der Waals surface area contributed by atoms with Crippen LogP contribution in [0.1, 0.15) is 43.8 Å². The summed E-state index contributed by atoms with van der Waals surface area (Å²) >= 11 is 0. The Hall–Kier alpha value is -1.03. The molecule has 1 aliphatic rings. The number of aliphatic hydroxyl groups is 1. The fourth-order valence-electron chi connectivity index (χ4n) is 2.40. The maximum Gasteiger partial charge on any atom is 0.145 e. The van der Waals surface area contributed by atoms with Crippen LogP contribution < -0.4 is 5.73 Å². The van der Waals surface area contributed by atoms with Crippen LogP contribution in [0.4, 0.5) is 5.82 Å². The Balaban J connectivity index is 2.23. The average Bonchev–Trinajstić information content (AvgIpc) is 2.39. The summed E-state index contributed by atoms with van der Waals surface area (Å²) in [5.41, 5.74) is 6.70. The number of nitrogens with zero attached hydrogens (tertiary/aromatic N) is 2. The molecular weight excluding hydrogens is 190 g/mol. The third kappa shape index (κ3) is 2.15. The molecule has 1 aromatic rings. The molecule has 2 unspecified atom stereocenters. The first kappa shape index (κ1) is 10.5. The van der Waals surface area contributed by atoms with Crippen molar-refractivity contribution in [2.45, 2.75) is 51.2 Å². The molecule has 0 amide bonds. The first-order chi connectivity index (χ1) is 7.18. The number of nitrogen functional groups attached to an aromatic ring is 1. The molecule has 0 aliphatic heterocycles. The van der Waals surface area contributed by atoms with Crippen LogP contribution in [0.5, 0.6) is 0 Å². The minimum atomic E-state index is -0.273. The Bertz CT molecular complexity index is 335. The van der Waals surface area contributed by atoms with Crippen LogP contribution in [-0.2, 0) is 0 Å². The van der Waals surface area contributed by atoms with E-state index in [-0.39, 0.29) is 12.1 Å². The number of rotatable bonds is 1. The van der Waals surface area contributed by atoms with Gasteiger partial charge in [-0.2, -0.15) is 5.10 Å². The molecule has 1 aliphatic carbocycles. The predicted molar refractivity (Wildman–Crippen MR) is 59.5 cm³/mol. The van der Waals surface area contributed by atoms with Crippen LogP contribution in [0.2, 0.25) is 0 Å². The van der Waals surface area contributed by atoms with Crippen molar-refractivity contribution >= 4 is 5.82 Å². The maximum absolute atomic E-state index is 10.0.